The molecular formula is C16H24Cl2N4O. The number of fused-ring (bicyclic) bond motifs is 1. The van der Waals surface area contributed by atoms with Crippen molar-refractivity contribution in [3.63, 3.8) is 0 Å². The van der Waals surface area contributed by atoms with Gasteiger partial charge in [0, 0.05) is 18.9 Å². The number of nitrogens with one attached hydrogen (secondary N) is 2. The van der Waals surface area contributed by atoms with Crippen LogP contribution in [-0.4, -0.2) is 34.9 Å². The second-order valence-corrected chi connectivity index (χ2v) is 5.73. The summed E-state index contributed by atoms with van der Waals surface area (Å²) in [5.74, 6) is 0.761. The molecule has 0 saturated carbocycles. The molecule has 1 fully saturated rings. The summed E-state index contributed by atoms with van der Waals surface area (Å²) in [5.41, 5.74) is 1.70. The molecule has 2 aromatic rings. The first kappa shape index (κ1) is 19.7. The van der Waals surface area contributed by atoms with Gasteiger partial charge in [-0.3, -0.25) is 4.79 Å². The number of amides is 1. The number of imidazole rings is 1. The lowest BCUT2D eigenvalue weighted by molar-refractivity contribution is -0.120. The van der Waals surface area contributed by atoms with Gasteiger partial charge in [0.15, 0.2) is 0 Å². The van der Waals surface area contributed by atoms with Crippen molar-refractivity contribution in [2.75, 3.05) is 19.6 Å². The van der Waals surface area contributed by atoms with E-state index in [4.69, 9.17) is 0 Å². The fourth-order valence-corrected chi connectivity index (χ4v) is 2.89. The Morgan fingerprint density at radius 3 is 3.00 bits per heavy atom. The second kappa shape index (κ2) is 9.75. The summed E-state index contributed by atoms with van der Waals surface area (Å²) >= 11 is 0. The number of piperidine rings is 1. The molecule has 0 aromatic carbocycles. The van der Waals surface area contributed by atoms with E-state index in [1.165, 1.54) is 12.8 Å². The van der Waals surface area contributed by atoms with E-state index in [-0.39, 0.29) is 30.7 Å². The lowest BCUT2D eigenvalue weighted by Gasteiger charge is -2.22. The molecule has 1 unspecified atom stereocenters. The molecule has 2 aromatic heterocycles. The van der Waals surface area contributed by atoms with E-state index in [0.717, 1.165) is 37.4 Å². The zero-order valence-electron chi connectivity index (χ0n) is 13.0. The Kier molecular flexibility index (Phi) is 8.37. The molecule has 3 heterocycles. The molecule has 2 N–H and O–H groups in total. The van der Waals surface area contributed by atoms with E-state index >= 15 is 0 Å². The predicted octanol–water partition coefficient (Wildman–Crippen LogP) is 2.23. The number of halogens is 2. The third kappa shape index (κ3) is 5.68. The highest BCUT2D eigenvalue weighted by molar-refractivity contribution is 5.85. The maximum absolute atomic E-state index is 12.0. The lowest BCUT2D eigenvalue weighted by atomic mass is 9.96. The zero-order chi connectivity index (χ0) is 14.5. The maximum atomic E-state index is 12.0. The summed E-state index contributed by atoms with van der Waals surface area (Å²) in [6.07, 6.45) is 7.80. The van der Waals surface area contributed by atoms with Crippen LogP contribution in [0, 0.1) is 5.92 Å². The summed E-state index contributed by atoms with van der Waals surface area (Å²) in [6.45, 7) is 2.98. The van der Waals surface area contributed by atoms with Crippen LogP contribution in [0.25, 0.3) is 5.65 Å². The minimum absolute atomic E-state index is 0. The molecule has 5 nitrogen and oxygen atoms in total. The standard InChI is InChI=1S/C16H22N4O.2ClH/c21-16(18-8-6-13-4-3-7-17-11-13)10-14-12-20-9-2-1-5-15(20)19-14;;/h1-2,5,9,12-13,17H,3-4,6-8,10-11H2,(H,18,21);2*1H. The van der Waals surface area contributed by atoms with Gasteiger partial charge in [-0.1, -0.05) is 6.07 Å². The minimum Gasteiger partial charge on any atom is -0.356 e. The predicted molar refractivity (Wildman–Crippen MR) is 96.6 cm³/mol. The number of carbonyl (C=O) groups excluding carboxylic acids is 1. The Labute approximate surface area is 149 Å². The normalized spacial score (nSPS) is 17.1. The van der Waals surface area contributed by atoms with Crippen molar-refractivity contribution < 1.29 is 4.79 Å². The highest BCUT2D eigenvalue weighted by Gasteiger charge is 2.13. The number of pyridine rings is 1. The summed E-state index contributed by atoms with van der Waals surface area (Å²) in [7, 11) is 0. The van der Waals surface area contributed by atoms with E-state index in [9.17, 15) is 4.79 Å². The third-order valence-corrected chi connectivity index (χ3v) is 4.03. The smallest absolute Gasteiger partial charge is 0.226 e. The molecule has 1 aliphatic heterocycles. The Balaban J connectivity index is 0.00000132. The molecule has 1 aliphatic rings. The molecule has 1 saturated heterocycles. The molecule has 1 amide bonds. The van der Waals surface area contributed by atoms with Crippen LogP contribution in [-0.2, 0) is 11.2 Å². The molecule has 0 bridgehead atoms. The third-order valence-electron chi connectivity index (χ3n) is 4.03. The first-order chi connectivity index (χ1) is 10.3. The molecule has 128 valence electrons. The zero-order valence-corrected chi connectivity index (χ0v) is 14.7. The number of aromatic nitrogens is 2. The molecule has 23 heavy (non-hydrogen) atoms. The molecule has 1 atom stereocenters. The first-order valence-electron chi connectivity index (χ1n) is 7.71. The van der Waals surface area contributed by atoms with E-state index in [2.05, 4.69) is 15.6 Å². The van der Waals surface area contributed by atoms with Gasteiger partial charge in [0.05, 0.1) is 12.1 Å². The van der Waals surface area contributed by atoms with E-state index in [1.54, 1.807) is 0 Å². The Bertz CT molecular complexity index is 578. The number of rotatable bonds is 5. The summed E-state index contributed by atoms with van der Waals surface area (Å²) in [5, 5.41) is 6.41. The monoisotopic (exact) mass is 358 g/mol. The number of nitrogens with zero attached hydrogens (tertiary/aromatic N) is 2. The van der Waals surface area contributed by atoms with Crippen LogP contribution < -0.4 is 10.6 Å². The van der Waals surface area contributed by atoms with Crippen molar-refractivity contribution in [1.82, 2.24) is 20.0 Å². The van der Waals surface area contributed by atoms with Gasteiger partial charge in [-0.2, -0.15) is 0 Å². The number of hydrogen-bond donors (Lipinski definition) is 2. The Morgan fingerprint density at radius 1 is 1.39 bits per heavy atom. The van der Waals surface area contributed by atoms with Gasteiger partial charge in [-0.25, -0.2) is 4.98 Å². The van der Waals surface area contributed by atoms with Crippen LogP contribution in [0.5, 0.6) is 0 Å². The Morgan fingerprint density at radius 2 is 2.26 bits per heavy atom. The van der Waals surface area contributed by atoms with Gasteiger partial charge in [0.25, 0.3) is 0 Å². The lowest BCUT2D eigenvalue weighted by Crippen LogP contribution is -2.33. The number of hydrogen-bond acceptors (Lipinski definition) is 3. The van der Waals surface area contributed by atoms with Gasteiger partial charge in [0.1, 0.15) is 5.65 Å². The minimum atomic E-state index is 0. The molecule has 0 spiro atoms. The van der Waals surface area contributed by atoms with Crippen LogP contribution in [0.15, 0.2) is 30.6 Å². The van der Waals surface area contributed by atoms with Crippen LogP contribution in [0.2, 0.25) is 0 Å². The summed E-state index contributed by atoms with van der Waals surface area (Å²) in [6, 6.07) is 5.85. The van der Waals surface area contributed by atoms with E-state index in [0.29, 0.717) is 12.3 Å². The van der Waals surface area contributed by atoms with Gasteiger partial charge < -0.3 is 15.0 Å². The van der Waals surface area contributed by atoms with Crippen molar-refractivity contribution in [2.45, 2.75) is 25.7 Å². The molecule has 3 rings (SSSR count). The second-order valence-electron chi connectivity index (χ2n) is 5.73. The fourth-order valence-electron chi connectivity index (χ4n) is 2.89. The van der Waals surface area contributed by atoms with Crippen molar-refractivity contribution in [2.24, 2.45) is 5.92 Å². The van der Waals surface area contributed by atoms with Crippen molar-refractivity contribution in [3.05, 3.63) is 36.3 Å². The molecule has 7 heteroatoms. The molecular weight excluding hydrogens is 335 g/mol. The van der Waals surface area contributed by atoms with Gasteiger partial charge in [-0.15, -0.1) is 24.8 Å². The van der Waals surface area contributed by atoms with Gasteiger partial charge in [-0.05, 0) is 50.4 Å². The fraction of sp³-hybridized carbons (Fsp3) is 0.500. The SMILES string of the molecule is Cl.Cl.O=C(Cc1cn2ccccc2n1)NCCC1CCCNC1. The van der Waals surface area contributed by atoms with Crippen LogP contribution in [0.3, 0.4) is 0 Å². The quantitative estimate of drug-likeness (QED) is 0.861. The van der Waals surface area contributed by atoms with Gasteiger partial charge >= 0.3 is 0 Å². The maximum Gasteiger partial charge on any atom is 0.226 e. The molecule has 0 aliphatic carbocycles. The first-order valence-corrected chi connectivity index (χ1v) is 7.71. The average Bonchev–Trinajstić information content (AvgIpc) is 2.90. The largest absolute Gasteiger partial charge is 0.356 e. The van der Waals surface area contributed by atoms with Crippen molar-refractivity contribution >= 4 is 36.4 Å². The van der Waals surface area contributed by atoms with Gasteiger partial charge in [0.2, 0.25) is 5.91 Å². The highest BCUT2D eigenvalue weighted by atomic mass is 35.5. The summed E-state index contributed by atoms with van der Waals surface area (Å²) in [4.78, 5) is 16.4. The van der Waals surface area contributed by atoms with E-state index in [1.807, 2.05) is 35.0 Å². The highest BCUT2D eigenvalue weighted by Crippen LogP contribution is 2.13. The van der Waals surface area contributed by atoms with Crippen LogP contribution >= 0.6 is 24.8 Å². The molecule has 0 radical (unpaired) electrons. The average molecular weight is 359 g/mol. The van der Waals surface area contributed by atoms with Crippen molar-refractivity contribution in [1.29, 1.82) is 0 Å². The Hall–Kier alpha value is -1.30. The van der Waals surface area contributed by atoms with Crippen LogP contribution in [0.4, 0.5) is 0 Å². The summed E-state index contributed by atoms with van der Waals surface area (Å²) < 4.78 is 1.94. The van der Waals surface area contributed by atoms with Crippen molar-refractivity contribution in [3.8, 4) is 0 Å². The van der Waals surface area contributed by atoms with E-state index < -0.39 is 0 Å². The van der Waals surface area contributed by atoms with Crippen LogP contribution in [0.1, 0.15) is 25.0 Å². The number of carbonyl (C=O) groups is 1. The topological polar surface area (TPSA) is 58.4 Å².